The molecule has 1 rings (SSSR count). The zero-order chi connectivity index (χ0) is 12.8. The average Bonchev–Trinajstić information content (AvgIpc) is 2.35. The molecule has 0 aliphatic rings. The van der Waals surface area contributed by atoms with Crippen LogP contribution in [0, 0.1) is 0 Å². The van der Waals surface area contributed by atoms with Crippen molar-refractivity contribution < 1.29 is 19.1 Å². The molecule has 0 saturated heterocycles. The van der Waals surface area contributed by atoms with Gasteiger partial charge in [-0.3, -0.25) is 9.59 Å². The van der Waals surface area contributed by atoms with Crippen LogP contribution in [0.25, 0.3) is 0 Å². The molecule has 92 valence electrons. The summed E-state index contributed by atoms with van der Waals surface area (Å²) >= 11 is 0. The van der Waals surface area contributed by atoms with Gasteiger partial charge < -0.3 is 20.5 Å². The first-order chi connectivity index (χ1) is 8.12. The van der Waals surface area contributed by atoms with Crippen molar-refractivity contribution in [2.24, 2.45) is 0 Å². The number of anilines is 1. The molecule has 0 saturated carbocycles. The molecular weight excluding hydrogens is 224 g/mol. The Morgan fingerprint density at radius 1 is 1.53 bits per heavy atom. The standard InChI is InChI=1S/C11H14N2O4/c1-13-10(15)6-17-11-8(12)3-7(5-14)4-9(11)16-2/h3-5H,6,12H2,1-2H3,(H,13,15). The number of carbonyl (C=O) groups excluding carboxylic acids is 2. The van der Waals surface area contributed by atoms with Crippen LogP contribution in [0.5, 0.6) is 11.5 Å². The first kappa shape index (κ1) is 12.8. The first-order valence-electron chi connectivity index (χ1n) is 4.88. The highest BCUT2D eigenvalue weighted by Gasteiger charge is 2.12. The van der Waals surface area contributed by atoms with Crippen molar-refractivity contribution in [3.8, 4) is 11.5 Å². The molecule has 1 aromatic rings. The maximum Gasteiger partial charge on any atom is 0.257 e. The van der Waals surface area contributed by atoms with E-state index in [0.717, 1.165) is 0 Å². The molecule has 0 aliphatic heterocycles. The Kier molecular flexibility index (Phi) is 4.33. The molecule has 0 spiro atoms. The van der Waals surface area contributed by atoms with E-state index in [0.29, 0.717) is 17.6 Å². The number of benzene rings is 1. The van der Waals surface area contributed by atoms with Crippen LogP contribution in [0.3, 0.4) is 0 Å². The number of nitrogens with two attached hydrogens (primary N) is 1. The summed E-state index contributed by atoms with van der Waals surface area (Å²) in [4.78, 5) is 21.7. The number of nitrogens with one attached hydrogen (secondary N) is 1. The Labute approximate surface area is 98.7 Å². The second-order valence-corrected chi connectivity index (χ2v) is 3.22. The fourth-order valence-electron chi connectivity index (χ4n) is 1.23. The van der Waals surface area contributed by atoms with Crippen molar-refractivity contribution >= 4 is 17.9 Å². The lowest BCUT2D eigenvalue weighted by atomic mass is 10.2. The second kappa shape index (κ2) is 5.74. The van der Waals surface area contributed by atoms with Gasteiger partial charge in [0.05, 0.1) is 12.8 Å². The molecule has 1 amide bonds. The fraction of sp³-hybridized carbons (Fsp3) is 0.273. The predicted molar refractivity (Wildman–Crippen MR) is 62.4 cm³/mol. The van der Waals surface area contributed by atoms with Crippen molar-refractivity contribution in [2.75, 3.05) is 26.5 Å². The Morgan fingerprint density at radius 3 is 2.76 bits per heavy atom. The third kappa shape index (κ3) is 3.10. The quantitative estimate of drug-likeness (QED) is 0.565. The number of likely N-dealkylation sites (N-methyl/N-ethyl adjacent to an activating group) is 1. The molecular formula is C11H14N2O4. The zero-order valence-corrected chi connectivity index (χ0v) is 9.65. The monoisotopic (exact) mass is 238 g/mol. The number of methoxy groups -OCH3 is 1. The minimum atomic E-state index is -0.286. The summed E-state index contributed by atoms with van der Waals surface area (Å²) < 4.78 is 10.3. The molecule has 6 heteroatoms. The van der Waals surface area contributed by atoms with Gasteiger partial charge in [0, 0.05) is 12.6 Å². The highest BCUT2D eigenvalue weighted by molar-refractivity contribution is 5.81. The minimum absolute atomic E-state index is 0.169. The number of aldehydes is 1. The molecule has 0 aromatic heterocycles. The van der Waals surface area contributed by atoms with E-state index in [9.17, 15) is 9.59 Å². The van der Waals surface area contributed by atoms with E-state index in [2.05, 4.69) is 5.32 Å². The molecule has 6 nitrogen and oxygen atoms in total. The number of ether oxygens (including phenoxy) is 2. The van der Waals surface area contributed by atoms with Gasteiger partial charge in [-0.2, -0.15) is 0 Å². The van der Waals surface area contributed by atoms with E-state index >= 15 is 0 Å². The maximum atomic E-state index is 11.0. The number of carbonyl (C=O) groups is 2. The third-order valence-corrected chi connectivity index (χ3v) is 2.09. The van der Waals surface area contributed by atoms with Gasteiger partial charge in [-0.1, -0.05) is 0 Å². The van der Waals surface area contributed by atoms with Gasteiger partial charge >= 0.3 is 0 Å². The van der Waals surface area contributed by atoms with E-state index in [1.807, 2.05) is 0 Å². The first-order valence-corrected chi connectivity index (χ1v) is 4.88. The lowest BCUT2D eigenvalue weighted by Gasteiger charge is -2.12. The molecule has 17 heavy (non-hydrogen) atoms. The largest absolute Gasteiger partial charge is 0.493 e. The molecule has 0 unspecified atom stereocenters. The number of nitrogen functional groups attached to an aromatic ring is 1. The third-order valence-electron chi connectivity index (χ3n) is 2.09. The van der Waals surface area contributed by atoms with Gasteiger partial charge in [-0.15, -0.1) is 0 Å². The van der Waals surface area contributed by atoms with Crippen LogP contribution < -0.4 is 20.5 Å². The van der Waals surface area contributed by atoms with Crippen LogP contribution in [0.15, 0.2) is 12.1 Å². The summed E-state index contributed by atoms with van der Waals surface area (Å²) in [6, 6.07) is 2.94. The zero-order valence-electron chi connectivity index (χ0n) is 9.65. The van der Waals surface area contributed by atoms with Crippen molar-refractivity contribution in [3.05, 3.63) is 17.7 Å². The van der Waals surface area contributed by atoms with Crippen LogP contribution in [0.1, 0.15) is 10.4 Å². The summed E-state index contributed by atoms with van der Waals surface area (Å²) in [7, 11) is 2.93. The fourth-order valence-corrected chi connectivity index (χ4v) is 1.23. The summed E-state index contributed by atoms with van der Waals surface area (Å²) in [6.45, 7) is -0.169. The minimum Gasteiger partial charge on any atom is -0.493 e. The summed E-state index contributed by atoms with van der Waals surface area (Å²) in [5.74, 6) is 0.281. The van der Waals surface area contributed by atoms with Gasteiger partial charge in [0.2, 0.25) is 0 Å². The Morgan fingerprint density at radius 2 is 2.24 bits per heavy atom. The van der Waals surface area contributed by atoms with Gasteiger partial charge in [0.25, 0.3) is 5.91 Å². The Hall–Kier alpha value is -2.24. The summed E-state index contributed by atoms with van der Waals surface area (Å²) in [5.41, 5.74) is 6.33. The number of hydrogen-bond donors (Lipinski definition) is 2. The molecule has 3 N–H and O–H groups in total. The lowest BCUT2D eigenvalue weighted by Crippen LogP contribution is -2.25. The number of amides is 1. The maximum absolute atomic E-state index is 11.0. The van der Waals surface area contributed by atoms with Crippen molar-refractivity contribution in [1.29, 1.82) is 0 Å². The SMILES string of the molecule is CNC(=O)COc1c(N)cc(C=O)cc1OC. The van der Waals surface area contributed by atoms with E-state index in [1.165, 1.54) is 26.3 Å². The van der Waals surface area contributed by atoms with Gasteiger partial charge in [-0.05, 0) is 12.1 Å². The topological polar surface area (TPSA) is 90.6 Å². The lowest BCUT2D eigenvalue weighted by molar-refractivity contribution is -0.122. The molecule has 0 bridgehead atoms. The van der Waals surface area contributed by atoms with Crippen molar-refractivity contribution in [2.45, 2.75) is 0 Å². The van der Waals surface area contributed by atoms with E-state index in [1.54, 1.807) is 0 Å². The molecule has 1 aromatic carbocycles. The van der Waals surface area contributed by atoms with Gasteiger partial charge in [-0.25, -0.2) is 0 Å². The van der Waals surface area contributed by atoms with E-state index < -0.39 is 0 Å². The smallest absolute Gasteiger partial charge is 0.257 e. The Bertz CT molecular complexity index is 432. The second-order valence-electron chi connectivity index (χ2n) is 3.22. The van der Waals surface area contributed by atoms with Crippen LogP contribution in [-0.4, -0.2) is 33.0 Å². The van der Waals surface area contributed by atoms with Gasteiger partial charge in [0.15, 0.2) is 18.1 Å². The molecule has 0 radical (unpaired) electrons. The molecule has 0 aliphatic carbocycles. The molecule has 0 atom stereocenters. The highest BCUT2D eigenvalue weighted by Crippen LogP contribution is 2.34. The van der Waals surface area contributed by atoms with Crippen molar-refractivity contribution in [1.82, 2.24) is 5.32 Å². The number of hydrogen-bond acceptors (Lipinski definition) is 5. The van der Waals surface area contributed by atoms with Crippen LogP contribution >= 0.6 is 0 Å². The normalized spacial score (nSPS) is 9.53. The molecule has 0 fully saturated rings. The van der Waals surface area contributed by atoms with E-state index in [4.69, 9.17) is 15.2 Å². The number of rotatable bonds is 5. The Balaban J connectivity index is 2.97. The molecule has 0 heterocycles. The highest BCUT2D eigenvalue weighted by atomic mass is 16.5. The van der Waals surface area contributed by atoms with Crippen LogP contribution in [-0.2, 0) is 4.79 Å². The predicted octanol–water partition coefficient (Wildman–Crippen LogP) is 0.215. The average molecular weight is 238 g/mol. The van der Waals surface area contributed by atoms with Crippen LogP contribution in [0.4, 0.5) is 5.69 Å². The summed E-state index contributed by atoms with van der Waals surface area (Å²) in [5, 5.41) is 2.41. The van der Waals surface area contributed by atoms with Crippen molar-refractivity contribution in [3.63, 3.8) is 0 Å². The van der Waals surface area contributed by atoms with Gasteiger partial charge in [0.1, 0.15) is 6.29 Å². The van der Waals surface area contributed by atoms with Crippen LogP contribution in [0.2, 0.25) is 0 Å². The summed E-state index contributed by atoms with van der Waals surface area (Å²) in [6.07, 6.45) is 0.654. The van der Waals surface area contributed by atoms with E-state index in [-0.39, 0.29) is 24.0 Å².